The van der Waals surface area contributed by atoms with E-state index in [1.165, 1.54) is 99.4 Å². The van der Waals surface area contributed by atoms with Crippen molar-refractivity contribution in [2.24, 2.45) is 0 Å². The first-order chi connectivity index (χ1) is 25.3. The van der Waals surface area contributed by atoms with Crippen LogP contribution in [0.1, 0.15) is 55.6 Å². The Kier molecular flexibility index (Phi) is 6.00. The predicted octanol–water partition coefficient (Wildman–Crippen LogP) is 12.1. The van der Waals surface area contributed by atoms with Gasteiger partial charge in [0.05, 0.1) is 0 Å². The minimum absolute atomic E-state index is 0.516. The molecule has 7 aromatic rings. The topological polar surface area (TPSA) is 36.9 Å². The lowest BCUT2D eigenvalue weighted by molar-refractivity contribution is 0.286. The lowest BCUT2D eigenvalue weighted by Crippen LogP contribution is -2.21. The van der Waals surface area contributed by atoms with E-state index in [0.717, 1.165) is 45.3 Å². The zero-order valence-corrected chi connectivity index (χ0v) is 30.4. The van der Waals surface area contributed by atoms with Crippen LogP contribution in [0.3, 0.4) is 0 Å². The van der Waals surface area contributed by atoms with E-state index in [4.69, 9.17) is 18.9 Å². The second-order valence-corrected chi connectivity index (χ2v) is 15.0. The standard InChI is InChI=1S/C48H38O4/c1-23-25(3)35-21-51-47-27(5)28(6)48-46(45(47)43(35)41-33(23)19-49-37-17-15-29-11-7-9-13-31(29)39(37)41)44-36(22-52-48)26(4)24(2)34-20-50-38-18-16-30-12-8-10-14-32(30)40(38)42(34)44/h7-18H,19-22H2,1-6H3. The molecule has 0 radical (unpaired) electrons. The molecule has 4 heterocycles. The van der Waals surface area contributed by atoms with Gasteiger partial charge in [0.1, 0.15) is 49.4 Å². The Morgan fingerprint density at radius 3 is 1.08 bits per heavy atom. The highest BCUT2D eigenvalue weighted by Crippen LogP contribution is 2.62. The third-order valence-electron chi connectivity index (χ3n) is 12.8. The van der Waals surface area contributed by atoms with Crippen molar-refractivity contribution in [3.05, 3.63) is 128 Å². The van der Waals surface area contributed by atoms with Gasteiger partial charge in [0, 0.05) is 66.8 Å². The van der Waals surface area contributed by atoms with E-state index >= 15 is 0 Å². The van der Waals surface area contributed by atoms with Crippen LogP contribution < -0.4 is 18.9 Å². The van der Waals surface area contributed by atoms with Gasteiger partial charge < -0.3 is 18.9 Å². The molecule has 11 rings (SSSR count). The Labute approximate surface area is 303 Å². The molecule has 0 unspecified atom stereocenters. The van der Waals surface area contributed by atoms with Crippen LogP contribution in [0.15, 0.2) is 72.8 Å². The van der Waals surface area contributed by atoms with Gasteiger partial charge in [-0.1, -0.05) is 60.7 Å². The van der Waals surface area contributed by atoms with Crippen molar-refractivity contribution in [1.82, 2.24) is 0 Å². The molecule has 0 saturated heterocycles. The van der Waals surface area contributed by atoms with Gasteiger partial charge in [0.2, 0.25) is 0 Å². The molecule has 0 atom stereocenters. The number of fused-ring (bicyclic) bond motifs is 19. The molecule has 4 nitrogen and oxygen atoms in total. The van der Waals surface area contributed by atoms with E-state index in [1.807, 2.05) is 0 Å². The van der Waals surface area contributed by atoms with Gasteiger partial charge in [0.25, 0.3) is 0 Å². The van der Waals surface area contributed by atoms with E-state index in [9.17, 15) is 0 Å². The van der Waals surface area contributed by atoms with Gasteiger partial charge in [0.15, 0.2) is 0 Å². The number of rotatable bonds is 0. The first-order valence-electron chi connectivity index (χ1n) is 18.4. The Bertz CT molecular complexity index is 2610. The third-order valence-corrected chi connectivity index (χ3v) is 12.8. The average molecular weight is 679 g/mol. The van der Waals surface area contributed by atoms with Crippen molar-refractivity contribution in [2.75, 3.05) is 0 Å². The molecule has 0 spiro atoms. The van der Waals surface area contributed by atoms with E-state index in [0.29, 0.717) is 26.4 Å². The maximum absolute atomic E-state index is 6.97. The molecular formula is C48H38O4. The summed E-state index contributed by atoms with van der Waals surface area (Å²) in [5, 5.41) is 4.82. The quantitative estimate of drug-likeness (QED) is 0.160. The van der Waals surface area contributed by atoms with Gasteiger partial charge in [-0.2, -0.15) is 0 Å². The monoisotopic (exact) mass is 678 g/mol. The van der Waals surface area contributed by atoms with E-state index in [2.05, 4.69) is 114 Å². The van der Waals surface area contributed by atoms with Crippen LogP contribution in [0.5, 0.6) is 23.0 Å². The molecule has 0 amide bonds. The van der Waals surface area contributed by atoms with Gasteiger partial charge >= 0.3 is 0 Å². The van der Waals surface area contributed by atoms with E-state index < -0.39 is 0 Å². The Morgan fingerprint density at radius 1 is 0.327 bits per heavy atom. The summed E-state index contributed by atoms with van der Waals surface area (Å²) >= 11 is 0. The van der Waals surface area contributed by atoms with Crippen molar-refractivity contribution >= 4 is 21.5 Å². The van der Waals surface area contributed by atoms with Crippen molar-refractivity contribution in [1.29, 1.82) is 0 Å². The highest BCUT2D eigenvalue weighted by atomic mass is 16.5. The second kappa shape index (κ2) is 10.4. The van der Waals surface area contributed by atoms with Crippen LogP contribution in [-0.2, 0) is 26.4 Å². The summed E-state index contributed by atoms with van der Waals surface area (Å²) in [6.45, 7) is 15.5. The summed E-state index contributed by atoms with van der Waals surface area (Å²) < 4.78 is 27.1. The maximum Gasteiger partial charge on any atom is 0.131 e. The second-order valence-electron chi connectivity index (χ2n) is 15.0. The third kappa shape index (κ3) is 3.67. The minimum atomic E-state index is 0.516. The fraction of sp³-hybridized carbons (Fsp3) is 0.208. The zero-order chi connectivity index (χ0) is 35.2. The lowest BCUT2D eigenvalue weighted by Gasteiger charge is -2.38. The molecular weight excluding hydrogens is 641 g/mol. The normalized spacial score (nSPS) is 14.3. The highest BCUT2D eigenvalue weighted by Gasteiger charge is 2.40. The van der Waals surface area contributed by atoms with E-state index in [1.54, 1.807) is 0 Å². The summed E-state index contributed by atoms with van der Waals surface area (Å²) in [5.74, 6) is 3.77. The molecule has 4 heteroatoms. The molecule has 0 fully saturated rings. The van der Waals surface area contributed by atoms with Crippen LogP contribution in [-0.4, -0.2) is 0 Å². The number of hydrogen-bond donors (Lipinski definition) is 0. The molecule has 4 aliphatic rings. The average Bonchev–Trinajstić information content (AvgIpc) is 3.19. The highest BCUT2D eigenvalue weighted by molar-refractivity contribution is 6.13. The van der Waals surface area contributed by atoms with Gasteiger partial charge in [-0.3, -0.25) is 0 Å². The van der Waals surface area contributed by atoms with Gasteiger partial charge in [-0.05, 0) is 109 Å². The Hall–Kier alpha value is -5.74. The molecule has 0 aliphatic carbocycles. The van der Waals surface area contributed by atoms with Crippen LogP contribution in [0.2, 0.25) is 0 Å². The smallest absolute Gasteiger partial charge is 0.131 e. The van der Waals surface area contributed by atoms with Crippen LogP contribution in [0, 0.1) is 41.5 Å². The summed E-state index contributed by atoms with van der Waals surface area (Å²) in [7, 11) is 0. The number of benzene rings is 7. The van der Waals surface area contributed by atoms with Crippen LogP contribution in [0.25, 0.3) is 66.1 Å². The van der Waals surface area contributed by atoms with Gasteiger partial charge in [-0.25, -0.2) is 0 Å². The van der Waals surface area contributed by atoms with Crippen molar-refractivity contribution < 1.29 is 18.9 Å². The summed E-state index contributed by atoms with van der Waals surface area (Å²) in [6.07, 6.45) is 0. The SMILES string of the molecule is Cc1c(C)c2c(c3c1COc1c(C)c(C)c4c(c1-3)-c1c(c(C)c(C)c3c1-c1c(ccc5ccccc15)OC3)CO4)-c1c(ccc3ccccc13)OC2. The largest absolute Gasteiger partial charge is 0.488 e. The Morgan fingerprint density at radius 2 is 0.673 bits per heavy atom. The first-order valence-corrected chi connectivity index (χ1v) is 18.4. The van der Waals surface area contributed by atoms with Crippen molar-refractivity contribution in [2.45, 2.75) is 68.0 Å². The fourth-order valence-electron chi connectivity index (χ4n) is 9.71. The zero-order valence-electron chi connectivity index (χ0n) is 30.4. The number of hydrogen-bond acceptors (Lipinski definition) is 4. The molecule has 0 N–H and O–H groups in total. The molecule has 0 bridgehead atoms. The molecule has 254 valence electrons. The molecule has 0 aromatic heterocycles. The molecule has 0 saturated carbocycles. The fourth-order valence-corrected chi connectivity index (χ4v) is 9.71. The Balaban J connectivity index is 1.35. The predicted molar refractivity (Wildman–Crippen MR) is 209 cm³/mol. The van der Waals surface area contributed by atoms with Crippen LogP contribution >= 0.6 is 0 Å². The lowest BCUT2D eigenvalue weighted by atomic mass is 9.73. The summed E-state index contributed by atoms with van der Waals surface area (Å²) in [6, 6.07) is 26.1. The maximum atomic E-state index is 6.97. The van der Waals surface area contributed by atoms with Crippen molar-refractivity contribution in [3.63, 3.8) is 0 Å². The minimum Gasteiger partial charge on any atom is -0.488 e. The first kappa shape index (κ1) is 29.9. The number of ether oxygens (including phenoxy) is 4. The molecule has 52 heavy (non-hydrogen) atoms. The molecule has 7 aromatic carbocycles. The molecule has 4 aliphatic heterocycles. The van der Waals surface area contributed by atoms with Crippen molar-refractivity contribution in [3.8, 4) is 67.5 Å². The summed E-state index contributed by atoms with van der Waals surface area (Å²) in [4.78, 5) is 0. The summed E-state index contributed by atoms with van der Waals surface area (Å²) in [5.41, 5.74) is 22.0. The van der Waals surface area contributed by atoms with E-state index in [-0.39, 0.29) is 0 Å². The van der Waals surface area contributed by atoms with Gasteiger partial charge in [-0.15, -0.1) is 0 Å². The van der Waals surface area contributed by atoms with Crippen LogP contribution in [0.4, 0.5) is 0 Å².